The van der Waals surface area contributed by atoms with Crippen LogP contribution in [0.15, 0.2) is 6.07 Å². The molecule has 2 N–H and O–H groups in total. The van der Waals surface area contributed by atoms with Gasteiger partial charge in [-0.05, 0) is 45.1 Å². The average Bonchev–Trinajstić information content (AvgIpc) is 3.19. The molecule has 6 nitrogen and oxygen atoms in total. The molecule has 0 saturated carbocycles. The normalized spacial score (nSPS) is 22.9. The Balaban J connectivity index is 1.60. The van der Waals surface area contributed by atoms with Crippen LogP contribution in [0.1, 0.15) is 41.2 Å². The van der Waals surface area contributed by atoms with Crippen molar-refractivity contribution in [3.05, 3.63) is 34.4 Å². The fraction of sp³-hybridized carbons (Fsp3) is 0.611. The highest BCUT2D eigenvalue weighted by atomic mass is 19.4. The van der Waals surface area contributed by atoms with Crippen LogP contribution in [0.4, 0.5) is 19.1 Å². The van der Waals surface area contributed by atoms with Gasteiger partial charge in [-0.3, -0.25) is 5.10 Å². The number of alkyl halides is 3. The van der Waals surface area contributed by atoms with Gasteiger partial charge in [-0.25, -0.2) is 9.97 Å². The quantitative estimate of drug-likeness (QED) is 0.854. The molecule has 146 valence electrons. The monoisotopic (exact) mass is 381 g/mol. The Hall–Kier alpha value is -2.16. The van der Waals surface area contributed by atoms with Crippen LogP contribution in [-0.2, 0) is 25.4 Å². The summed E-state index contributed by atoms with van der Waals surface area (Å²) in [6.07, 6.45) is -2.12. The maximum Gasteiger partial charge on any atom is 0.433 e. The standard InChI is InChI=1S/C18H22F3N5O/c1-10-6-12(25-24-10)7-11-8-26(9-15(11)27)17-22-14-5-3-2-4-13(14)16(23-17)18(19,20)21/h6,11,15,27H,2-5,7-9H2,1H3,(H,24,25)/t11-,15-/m1/s1. The summed E-state index contributed by atoms with van der Waals surface area (Å²) in [4.78, 5) is 9.97. The number of aromatic amines is 1. The molecule has 27 heavy (non-hydrogen) atoms. The van der Waals surface area contributed by atoms with E-state index in [0.717, 1.165) is 24.2 Å². The minimum absolute atomic E-state index is 0.0720. The molecule has 4 rings (SSSR count). The summed E-state index contributed by atoms with van der Waals surface area (Å²) in [7, 11) is 0. The van der Waals surface area contributed by atoms with Gasteiger partial charge >= 0.3 is 6.18 Å². The zero-order valence-electron chi connectivity index (χ0n) is 15.1. The number of aryl methyl sites for hydroxylation is 2. The smallest absolute Gasteiger partial charge is 0.391 e. The summed E-state index contributed by atoms with van der Waals surface area (Å²) in [5, 5.41) is 17.4. The number of β-amino-alcohol motifs (C(OH)–C–C–N with tert-alkyl or cyclic N) is 1. The second kappa shape index (κ2) is 6.78. The Kier molecular flexibility index (Phi) is 4.57. The number of aromatic nitrogens is 4. The van der Waals surface area contributed by atoms with E-state index in [9.17, 15) is 18.3 Å². The predicted molar refractivity (Wildman–Crippen MR) is 92.4 cm³/mol. The molecule has 2 aromatic rings. The van der Waals surface area contributed by atoms with Crippen molar-refractivity contribution >= 4 is 5.95 Å². The van der Waals surface area contributed by atoms with Gasteiger partial charge in [0.2, 0.25) is 5.95 Å². The molecule has 3 heterocycles. The zero-order chi connectivity index (χ0) is 19.2. The van der Waals surface area contributed by atoms with Crippen LogP contribution in [0.5, 0.6) is 0 Å². The van der Waals surface area contributed by atoms with Crippen LogP contribution in [0.2, 0.25) is 0 Å². The van der Waals surface area contributed by atoms with Crippen molar-refractivity contribution in [1.82, 2.24) is 20.2 Å². The van der Waals surface area contributed by atoms with Crippen LogP contribution in [0.25, 0.3) is 0 Å². The maximum absolute atomic E-state index is 13.5. The molecule has 9 heteroatoms. The van der Waals surface area contributed by atoms with Crippen molar-refractivity contribution < 1.29 is 18.3 Å². The molecule has 0 amide bonds. The molecule has 2 atom stereocenters. The lowest BCUT2D eigenvalue weighted by molar-refractivity contribution is -0.142. The van der Waals surface area contributed by atoms with Gasteiger partial charge in [0.25, 0.3) is 0 Å². The van der Waals surface area contributed by atoms with Gasteiger partial charge in [0.05, 0.1) is 11.8 Å². The van der Waals surface area contributed by atoms with E-state index in [-0.39, 0.29) is 24.0 Å². The lowest BCUT2D eigenvalue weighted by Crippen LogP contribution is -2.27. The van der Waals surface area contributed by atoms with Crippen molar-refractivity contribution in [2.75, 3.05) is 18.0 Å². The van der Waals surface area contributed by atoms with E-state index >= 15 is 0 Å². The molecule has 1 aliphatic carbocycles. The summed E-state index contributed by atoms with van der Waals surface area (Å²) < 4.78 is 40.5. The van der Waals surface area contributed by atoms with Crippen molar-refractivity contribution in [1.29, 1.82) is 0 Å². The topological polar surface area (TPSA) is 77.9 Å². The molecule has 0 spiro atoms. The first-order chi connectivity index (χ1) is 12.8. The van der Waals surface area contributed by atoms with Crippen molar-refractivity contribution in [2.24, 2.45) is 5.92 Å². The summed E-state index contributed by atoms with van der Waals surface area (Å²) in [6, 6.07) is 1.91. The number of fused-ring (bicyclic) bond motifs is 1. The summed E-state index contributed by atoms with van der Waals surface area (Å²) in [5.41, 5.74) is 1.69. The summed E-state index contributed by atoms with van der Waals surface area (Å²) >= 11 is 0. The third kappa shape index (κ3) is 3.65. The van der Waals surface area contributed by atoms with E-state index in [4.69, 9.17) is 0 Å². The van der Waals surface area contributed by atoms with E-state index in [1.807, 2.05) is 13.0 Å². The molecular formula is C18H22F3N5O. The number of H-pyrrole nitrogens is 1. The Morgan fingerprint density at radius 1 is 1.22 bits per heavy atom. The van der Waals surface area contributed by atoms with Gasteiger partial charge in [0.1, 0.15) is 0 Å². The number of aliphatic hydroxyl groups excluding tert-OH is 1. The van der Waals surface area contributed by atoms with Crippen LogP contribution >= 0.6 is 0 Å². The summed E-state index contributed by atoms with van der Waals surface area (Å²) in [5.74, 6) is -0.0515. The number of rotatable bonds is 3. The number of anilines is 1. The molecule has 2 aromatic heterocycles. The third-order valence-corrected chi connectivity index (χ3v) is 5.36. The molecule has 0 aromatic carbocycles. The van der Waals surface area contributed by atoms with Crippen molar-refractivity contribution in [3.8, 4) is 0 Å². The number of nitrogens with one attached hydrogen (secondary N) is 1. The number of nitrogens with zero attached hydrogens (tertiary/aromatic N) is 4. The van der Waals surface area contributed by atoms with E-state index in [1.54, 1.807) is 4.90 Å². The maximum atomic E-state index is 13.5. The first-order valence-electron chi connectivity index (χ1n) is 9.22. The molecular weight excluding hydrogens is 359 g/mol. The highest BCUT2D eigenvalue weighted by molar-refractivity contribution is 5.41. The number of aliphatic hydroxyl groups is 1. The van der Waals surface area contributed by atoms with E-state index in [0.29, 0.717) is 31.5 Å². The van der Waals surface area contributed by atoms with Crippen LogP contribution in [-0.4, -0.2) is 44.5 Å². The van der Waals surface area contributed by atoms with Crippen LogP contribution in [0, 0.1) is 12.8 Å². The predicted octanol–water partition coefficient (Wildman–Crippen LogP) is 2.45. The minimum Gasteiger partial charge on any atom is -0.391 e. The highest BCUT2D eigenvalue weighted by Crippen LogP contribution is 2.36. The molecule has 0 radical (unpaired) electrons. The Morgan fingerprint density at radius 2 is 2.00 bits per heavy atom. The van der Waals surface area contributed by atoms with Gasteiger partial charge in [0.15, 0.2) is 5.69 Å². The molecule has 1 saturated heterocycles. The van der Waals surface area contributed by atoms with Crippen molar-refractivity contribution in [2.45, 2.75) is 51.3 Å². The Bertz CT molecular complexity index is 835. The molecule has 1 aliphatic heterocycles. The number of halogens is 3. The first-order valence-corrected chi connectivity index (χ1v) is 9.22. The SMILES string of the molecule is Cc1cc(C[C@@H]2CN(c3nc4c(c(C(F)(F)F)n3)CCCC4)C[C@H]2O)n[nH]1. The molecule has 0 unspecified atom stereocenters. The third-order valence-electron chi connectivity index (χ3n) is 5.36. The second-order valence-corrected chi connectivity index (χ2v) is 7.48. The first kappa shape index (κ1) is 18.2. The fourth-order valence-electron chi connectivity index (χ4n) is 4.02. The summed E-state index contributed by atoms with van der Waals surface area (Å²) in [6.45, 7) is 2.53. The van der Waals surface area contributed by atoms with Gasteiger partial charge in [-0.1, -0.05) is 0 Å². The lowest BCUT2D eigenvalue weighted by atomic mass is 9.94. The zero-order valence-corrected chi connectivity index (χ0v) is 15.1. The Labute approximate surface area is 154 Å². The van der Waals surface area contributed by atoms with Gasteiger partial charge < -0.3 is 10.0 Å². The van der Waals surface area contributed by atoms with Gasteiger partial charge in [-0.2, -0.15) is 18.3 Å². The average molecular weight is 381 g/mol. The van der Waals surface area contributed by atoms with Gasteiger partial charge in [0, 0.05) is 36.0 Å². The van der Waals surface area contributed by atoms with E-state index in [2.05, 4.69) is 20.2 Å². The highest BCUT2D eigenvalue weighted by Gasteiger charge is 2.40. The minimum atomic E-state index is -4.50. The van der Waals surface area contributed by atoms with E-state index in [1.165, 1.54) is 0 Å². The number of hydrogen-bond donors (Lipinski definition) is 2. The molecule has 2 aliphatic rings. The molecule has 0 bridgehead atoms. The fourth-order valence-corrected chi connectivity index (χ4v) is 4.02. The van der Waals surface area contributed by atoms with E-state index < -0.39 is 18.0 Å². The van der Waals surface area contributed by atoms with Gasteiger partial charge in [-0.15, -0.1) is 0 Å². The van der Waals surface area contributed by atoms with Crippen molar-refractivity contribution in [3.63, 3.8) is 0 Å². The Morgan fingerprint density at radius 3 is 2.70 bits per heavy atom. The largest absolute Gasteiger partial charge is 0.433 e. The van der Waals surface area contributed by atoms with Crippen LogP contribution in [0.3, 0.4) is 0 Å². The van der Waals surface area contributed by atoms with Crippen LogP contribution < -0.4 is 4.90 Å². The second-order valence-electron chi connectivity index (χ2n) is 7.48. The lowest BCUT2D eigenvalue weighted by Gasteiger charge is -2.23. The number of hydrogen-bond acceptors (Lipinski definition) is 5. The molecule has 1 fully saturated rings.